The molecule has 3 rings (SSSR count). The van der Waals surface area contributed by atoms with E-state index in [-0.39, 0.29) is 18.4 Å². The number of ether oxygens (including phenoxy) is 2. The molecule has 0 bridgehead atoms. The summed E-state index contributed by atoms with van der Waals surface area (Å²) in [7, 11) is 0. The monoisotopic (exact) mass is 436 g/mol. The average Bonchev–Trinajstić information content (AvgIpc) is 3.20. The van der Waals surface area contributed by atoms with Crippen molar-refractivity contribution in [1.82, 2.24) is 10.2 Å². The van der Waals surface area contributed by atoms with Crippen LogP contribution in [-0.4, -0.2) is 41.6 Å². The second-order valence-corrected chi connectivity index (χ2v) is 8.99. The second-order valence-electron chi connectivity index (χ2n) is 8.99. The van der Waals surface area contributed by atoms with Crippen LogP contribution < -0.4 is 10.1 Å². The van der Waals surface area contributed by atoms with Crippen molar-refractivity contribution in [2.75, 3.05) is 13.1 Å². The van der Waals surface area contributed by atoms with E-state index < -0.39 is 11.7 Å². The quantitative estimate of drug-likeness (QED) is 0.690. The van der Waals surface area contributed by atoms with Crippen LogP contribution in [0.25, 0.3) is 6.08 Å². The van der Waals surface area contributed by atoms with Crippen molar-refractivity contribution in [3.63, 3.8) is 0 Å². The fourth-order valence-corrected chi connectivity index (χ4v) is 3.59. The van der Waals surface area contributed by atoms with E-state index >= 15 is 0 Å². The van der Waals surface area contributed by atoms with Gasteiger partial charge >= 0.3 is 6.09 Å². The van der Waals surface area contributed by atoms with Crippen LogP contribution in [0.3, 0.4) is 0 Å². The van der Waals surface area contributed by atoms with Crippen LogP contribution in [0.4, 0.5) is 4.79 Å². The zero-order chi connectivity index (χ0) is 23.1. The number of amides is 2. The van der Waals surface area contributed by atoms with Gasteiger partial charge in [0.15, 0.2) is 0 Å². The summed E-state index contributed by atoms with van der Waals surface area (Å²) in [5.41, 5.74) is 2.27. The fraction of sp³-hybridized carbons (Fsp3) is 0.385. The van der Waals surface area contributed by atoms with Gasteiger partial charge in [0.25, 0.3) is 0 Å². The third kappa shape index (κ3) is 6.87. The van der Waals surface area contributed by atoms with Gasteiger partial charge in [-0.2, -0.15) is 0 Å². The summed E-state index contributed by atoms with van der Waals surface area (Å²) in [6.07, 6.45) is 2.23. The number of carbonyl (C=O) groups excluding carboxylic acids is 2. The SMILES string of the molecule is C=Cc1ccc(OCc2ccccc2)c(CC(=O)N2CC[C@@H](NC(=O)OC(C)(C)C)C2)c1. The molecule has 1 saturated heterocycles. The molecule has 6 nitrogen and oxygen atoms in total. The van der Waals surface area contributed by atoms with Gasteiger partial charge in [-0.25, -0.2) is 4.79 Å². The largest absolute Gasteiger partial charge is 0.489 e. The molecule has 2 aromatic carbocycles. The molecule has 2 aromatic rings. The smallest absolute Gasteiger partial charge is 0.407 e. The summed E-state index contributed by atoms with van der Waals surface area (Å²) in [4.78, 5) is 26.8. The van der Waals surface area contributed by atoms with Crippen molar-refractivity contribution in [3.8, 4) is 5.75 Å². The Balaban J connectivity index is 1.61. The minimum absolute atomic E-state index is 0.00395. The van der Waals surface area contributed by atoms with Gasteiger partial charge in [0.1, 0.15) is 18.0 Å². The normalized spacial score (nSPS) is 15.8. The van der Waals surface area contributed by atoms with Crippen molar-refractivity contribution in [3.05, 3.63) is 71.8 Å². The van der Waals surface area contributed by atoms with E-state index in [9.17, 15) is 9.59 Å². The predicted octanol–water partition coefficient (Wildman–Crippen LogP) is 4.58. The first-order chi connectivity index (χ1) is 15.2. The van der Waals surface area contributed by atoms with E-state index in [1.807, 2.05) is 69.3 Å². The molecule has 1 N–H and O–H groups in total. The Morgan fingerprint density at radius 1 is 1.19 bits per heavy atom. The Bertz CT molecular complexity index is 950. The number of carbonyl (C=O) groups is 2. The lowest BCUT2D eigenvalue weighted by Crippen LogP contribution is -2.41. The molecule has 0 unspecified atom stereocenters. The van der Waals surface area contributed by atoms with Crippen LogP contribution in [0, 0.1) is 0 Å². The Hall–Kier alpha value is -3.28. The molecule has 0 radical (unpaired) electrons. The van der Waals surface area contributed by atoms with Crippen molar-refractivity contribution in [2.45, 2.75) is 51.9 Å². The minimum Gasteiger partial charge on any atom is -0.489 e. The Morgan fingerprint density at radius 3 is 2.62 bits per heavy atom. The van der Waals surface area contributed by atoms with E-state index in [0.29, 0.717) is 31.9 Å². The second kappa shape index (κ2) is 10.4. The molecule has 0 aliphatic carbocycles. The molecule has 0 spiro atoms. The van der Waals surface area contributed by atoms with Gasteiger partial charge in [0, 0.05) is 18.7 Å². The number of hydrogen-bond donors (Lipinski definition) is 1. The molecule has 1 aliphatic heterocycles. The predicted molar refractivity (Wildman–Crippen MR) is 125 cm³/mol. The molecule has 1 aliphatic rings. The molecular formula is C26H32N2O4. The number of benzene rings is 2. The molecule has 1 fully saturated rings. The summed E-state index contributed by atoms with van der Waals surface area (Å²) in [6.45, 7) is 10.8. The van der Waals surface area contributed by atoms with Gasteiger partial charge in [-0.05, 0) is 50.5 Å². The van der Waals surface area contributed by atoms with Gasteiger partial charge in [0.2, 0.25) is 5.91 Å². The molecule has 0 saturated carbocycles. The van der Waals surface area contributed by atoms with Gasteiger partial charge in [-0.15, -0.1) is 0 Å². The highest BCUT2D eigenvalue weighted by atomic mass is 16.6. The van der Waals surface area contributed by atoms with Crippen LogP contribution in [0.2, 0.25) is 0 Å². The fourth-order valence-electron chi connectivity index (χ4n) is 3.59. The molecule has 0 aromatic heterocycles. The van der Waals surface area contributed by atoms with Gasteiger partial charge in [0.05, 0.1) is 12.5 Å². The first-order valence-electron chi connectivity index (χ1n) is 10.9. The van der Waals surface area contributed by atoms with Crippen LogP contribution in [0.5, 0.6) is 5.75 Å². The highest BCUT2D eigenvalue weighted by Crippen LogP contribution is 2.24. The van der Waals surface area contributed by atoms with Gasteiger partial charge in [-0.1, -0.05) is 49.1 Å². The zero-order valence-electron chi connectivity index (χ0n) is 19.1. The third-order valence-corrected chi connectivity index (χ3v) is 5.16. The standard InChI is InChI=1S/C26H32N2O4/c1-5-19-11-12-23(31-18-20-9-7-6-8-10-20)21(15-19)16-24(29)28-14-13-22(17-28)27-25(30)32-26(2,3)4/h5-12,15,22H,1,13-14,16-18H2,2-4H3,(H,27,30)/t22-/m1/s1. The van der Waals surface area contributed by atoms with Gasteiger partial charge in [-0.3, -0.25) is 4.79 Å². The Morgan fingerprint density at radius 2 is 1.94 bits per heavy atom. The van der Waals surface area contributed by atoms with Crippen LogP contribution in [-0.2, 0) is 22.6 Å². The maximum Gasteiger partial charge on any atom is 0.407 e. The molecular weight excluding hydrogens is 404 g/mol. The van der Waals surface area contributed by atoms with E-state index in [2.05, 4.69) is 11.9 Å². The van der Waals surface area contributed by atoms with Crippen molar-refractivity contribution < 1.29 is 19.1 Å². The number of nitrogens with zero attached hydrogens (tertiary/aromatic N) is 1. The molecule has 170 valence electrons. The zero-order valence-corrected chi connectivity index (χ0v) is 19.1. The lowest BCUT2D eigenvalue weighted by atomic mass is 10.1. The molecule has 32 heavy (non-hydrogen) atoms. The van der Waals surface area contributed by atoms with E-state index in [1.54, 1.807) is 11.0 Å². The number of hydrogen-bond acceptors (Lipinski definition) is 4. The summed E-state index contributed by atoms with van der Waals surface area (Å²) >= 11 is 0. The molecule has 1 atom stereocenters. The lowest BCUT2D eigenvalue weighted by Gasteiger charge is -2.22. The Labute approximate surface area is 190 Å². The molecule has 1 heterocycles. The number of nitrogens with one attached hydrogen (secondary N) is 1. The van der Waals surface area contributed by atoms with E-state index in [1.165, 1.54) is 0 Å². The summed E-state index contributed by atoms with van der Waals surface area (Å²) < 4.78 is 11.3. The average molecular weight is 437 g/mol. The lowest BCUT2D eigenvalue weighted by molar-refractivity contribution is -0.129. The number of alkyl carbamates (subject to hydrolysis) is 1. The maximum absolute atomic E-state index is 13.0. The number of likely N-dealkylation sites (tertiary alicyclic amines) is 1. The highest BCUT2D eigenvalue weighted by molar-refractivity contribution is 5.80. The summed E-state index contributed by atoms with van der Waals surface area (Å²) in [5, 5.41) is 2.86. The van der Waals surface area contributed by atoms with Crippen molar-refractivity contribution in [2.24, 2.45) is 0 Å². The number of rotatable bonds is 7. The van der Waals surface area contributed by atoms with Crippen molar-refractivity contribution in [1.29, 1.82) is 0 Å². The first kappa shape index (κ1) is 23.4. The first-order valence-corrected chi connectivity index (χ1v) is 10.9. The van der Waals surface area contributed by atoms with Gasteiger partial charge < -0.3 is 19.7 Å². The van der Waals surface area contributed by atoms with Crippen LogP contribution in [0.15, 0.2) is 55.1 Å². The minimum atomic E-state index is -0.551. The molecule has 2 amide bonds. The summed E-state index contributed by atoms with van der Waals surface area (Å²) in [6, 6.07) is 15.6. The molecule has 6 heteroatoms. The summed E-state index contributed by atoms with van der Waals surface area (Å²) in [5.74, 6) is 0.694. The third-order valence-electron chi connectivity index (χ3n) is 5.16. The van der Waals surface area contributed by atoms with E-state index in [4.69, 9.17) is 9.47 Å². The highest BCUT2D eigenvalue weighted by Gasteiger charge is 2.29. The Kier molecular flexibility index (Phi) is 7.57. The van der Waals surface area contributed by atoms with Crippen LogP contribution >= 0.6 is 0 Å². The topological polar surface area (TPSA) is 67.9 Å². The maximum atomic E-state index is 13.0. The van der Waals surface area contributed by atoms with Crippen molar-refractivity contribution >= 4 is 18.1 Å². The van der Waals surface area contributed by atoms with Crippen LogP contribution in [0.1, 0.15) is 43.9 Å². The van der Waals surface area contributed by atoms with E-state index in [0.717, 1.165) is 16.7 Å².